The molecule has 0 N–H and O–H groups in total. The maximum Gasteiger partial charge on any atom is 0.410 e. The maximum absolute atomic E-state index is 12.3. The highest BCUT2D eigenvalue weighted by Crippen LogP contribution is 2.27. The van der Waals surface area contributed by atoms with Gasteiger partial charge in [0.15, 0.2) is 0 Å². The average Bonchev–Trinajstić information content (AvgIpc) is 2.76. The molecule has 0 aliphatic carbocycles. The smallest absolute Gasteiger partial charge is 0.410 e. The third-order valence-corrected chi connectivity index (χ3v) is 4.84. The van der Waals surface area contributed by atoms with Crippen molar-refractivity contribution in [2.45, 2.75) is 38.9 Å². The number of halogens is 1. The van der Waals surface area contributed by atoms with Crippen LogP contribution in [0.5, 0.6) is 5.75 Å². The van der Waals surface area contributed by atoms with E-state index in [-0.39, 0.29) is 17.5 Å². The normalized spacial score (nSPS) is 12.2. The molecule has 0 saturated heterocycles. The maximum atomic E-state index is 12.3. The third-order valence-electron chi connectivity index (χ3n) is 4.66. The molecule has 1 heterocycles. The first kappa shape index (κ1) is 23.5. The van der Waals surface area contributed by atoms with Crippen LogP contribution in [0.3, 0.4) is 0 Å². The molecule has 1 atom stereocenters. The molecular formula is C25H28ClN3O3. The Kier molecular flexibility index (Phi) is 7.70. The van der Waals surface area contributed by atoms with E-state index < -0.39 is 5.60 Å². The van der Waals surface area contributed by atoms with Gasteiger partial charge in [0, 0.05) is 31.8 Å². The summed E-state index contributed by atoms with van der Waals surface area (Å²) in [6.07, 6.45) is 1.67. The van der Waals surface area contributed by atoms with Crippen molar-refractivity contribution in [3.8, 4) is 17.0 Å². The molecule has 168 valence electrons. The fourth-order valence-electron chi connectivity index (χ4n) is 3.07. The quantitative estimate of drug-likeness (QED) is 0.400. The van der Waals surface area contributed by atoms with Crippen molar-refractivity contribution in [1.82, 2.24) is 14.9 Å². The van der Waals surface area contributed by atoms with Gasteiger partial charge in [0.2, 0.25) is 5.28 Å². The molecular weight excluding hydrogens is 426 g/mol. The lowest BCUT2D eigenvalue weighted by Crippen LogP contribution is -2.35. The zero-order chi connectivity index (χ0) is 23.1. The molecule has 6 nitrogen and oxygen atoms in total. The lowest BCUT2D eigenvalue weighted by Gasteiger charge is -2.26. The Morgan fingerprint density at radius 3 is 2.38 bits per heavy atom. The first-order chi connectivity index (χ1) is 15.2. The number of benzene rings is 2. The summed E-state index contributed by atoms with van der Waals surface area (Å²) in [6, 6.07) is 19.4. The first-order valence-electron chi connectivity index (χ1n) is 10.5. The Morgan fingerprint density at radius 2 is 1.75 bits per heavy atom. The minimum atomic E-state index is -0.531. The molecule has 32 heavy (non-hydrogen) atoms. The van der Waals surface area contributed by atoms with Crippen LogP contribution < -0.4 is 4.74 Å². The summed E-state index contributed by atoms with van der Waals surface area (Å²) in [4.78, 5) is 22.0. The second-order valence-electron chi connectivity index (χ2n) is 8.44. The van der Waals surface area contributed by atoms with E-state index >= 15 is 0 Å². The molecule has 0 unspecified atom stereocenters. The number of amides is 1. The predicted octanol–water partition coefficient (Wildman–Crippen LogP) is 6.17. The van der Waals surface area contributed by atoms with Gasteiger partial charge in [-0.15, -0.1) is 0 Å². The van der Waals surface area contributed by atoms with E-state index in [1.54, 1.807) is 24.2 Å². The van der Waals surface area contributed by atoms with Crippen LogP contribution in [0.15, 0.2) is 66.9 Å². The minimum Gasteiger partial charge on any atom is -0.486 e. The van der Waals surface area contributed by atoms with Crippen LogP contribution in [0, 0.1) is 0 Å². The van der Waals surface area contributed by atoms with Crippen molar-refractivity contribution in [3.63, 3.8) is 0 Å². The first-order valence-corrected chi connectivity index (χ1v) is 10.8. The van der Waals surface area contributed by atoms with Gasteiger partial charge in [0.1, 0.15) is 17.5 Å². The van der Waals surface area contributed by atoms with E-state index in [2.05, 4.69) is 9.97 Å². The number of aromatic nitrogens is 2. The van der Waals surface area contributed by atoms with Crippen molar-refractivity contribution in [2.75, 3.05) is 13.6 Å². The van der Waals surface area contributed by atoms with Gasteiger partial charge < -0.3 is 14.4 Å². The highest BCUT2D eigenvalue weighted by Gasteiger charge is 2.21. The zero-order valence-corrected chi connectivity index (χ0v) is 19.5. The SMILES string of the molecule is CN(CC[C@H](Oc1ccc(-c2ccnc(Cl)n2)cc1)c1ccccc1)C(=O)OC(C)(C)C. The van der Waals surface area contributed by atoms with Gasteiger partial charge in [0.05, 0.1) is 5.69 Å². The molecule has 0 fully saturated rings. The van der Waals surface area contributed by atoms with Crippen LogP contribution in [0.2, 0.25) is 5.28 Å². The summed E-state index contributed by atoms with van der Waals surface area (Å²) in [7, 11) is 1.73. The third kappa shape index (κ3) is 6.95. The lowest BCUT2D eigenvalue weighted by molar-refractivity contribution is 0.0278. The van der Waals surface area contributed by atoms with Gasteiger partial charge in [-0.2, -0.15) is 0 Å². The zero-order valence-electron chi connectivity index (χ0n) is 18.8. The molecule has 1 aromatic heterocycles. The number of nitrogens with zero attached hydrogens (tertiary/aromatic N) is 3. The highest BCUT2D eigenvalue weighted by molar-refractivity contribution is 6.28. The van der Waals surface area contributed by atoms with E-state index in [0.29, 0.717) is 13.0 Å². The molecule has 3 rings (SSSR count). The Bertz CT molecular complexity index is 1020. The molecule has 1 amide bonds. The molecule has 0 aliphatic heterocycles. The fraction of sp³-hybridized carbons (Fsp3) is 0.320. The van der Waals surface area contributed by atoms with Gasteiger partial charge in [-0.1, -0.05) is 30.3 Å². The number of hydrogen-bond donors (Lipinski definition) is 0. The molecule has 0 aliphatic rings. The van der Waals surface area contributed by atoms with Gasteiger partial charge in [-0.25, -0.2) is 14.8 Å². The van der Waals surface area contributed by atoms with Crippen LogP contribution in [-0.2, 0) is 4.74 Å². The highest BCUT2D eigenvalue weighted by atomic mass is 35.5. The van der Waals surface area contributed by atoms with Crippen LogP contribution in [0.1, 0.15) is 38.9 Å². The monoisotopic (exact) mass is 453 g/mol. The van der Waals surface area contributed by atoms with Crippen molar-refractivity contribution in [2.24, 2.45) is 0 Å². The Labute approximate surface area is 194 Å². The number of carbonyl (C=O) groups excluding carboxylic acids is 1. The van der Waals surface area contributed by atoms with Crippen LogP contribution in [-0.4, -0.2) is 40.2 Å². The van der Waals surface area contributed by atoms with Gasteiger partial charge in [-0.05, 0) is 68.3 Å². The minimum absolute atomic E-state index is 0.209. The van der Waals surface area contributed by atoms with Crippen LogP contribution in [0.25, 0.3) is 11.3 Å². The average molecular weight is 454 g/mol. The Hall–Kier alpha value is -3.12. The Morgan fingerprint density at radius 1 is 1.06 bits per heavy atom. The number of carbonyl (C=O) groups is 1. The van der Waals surface area contributed by atoms with E-state index in [1.165, 1.54) is 0 Å². The fourth-order valence-corrected chi connectivity index (χ4v) is 3.21. The summed E-state index contributed by atoms with van der Waals surface area (Å²) < 4.78 is 11.8. The standard InChI is InChI=1S/C25H28ClN3O3/c1-25(2,3)32-24(30)29(4)17-15-22(19-8-6-5-7-9-19)31-20-12-10-18(11-13-20)21-14-16-27-23(26)28-21/h5-14,16,22H,15,17H2,1-4H3/t22-/m0/s1. The summed E-state index contributed by atoms with van der Waals surface area (Å²) in [6.45, 7) is 6.06. The summed E-state index contributed by atoms with van der Waals surface area (Å²) in [5.74, 6) is 0.725. The molecule has 7 heteroatoms. The van der Waals surface area contributed by atoms with Crippen molar-refractivity contribution in [1.29, 1.82) is 0 Å². The van der Waals surface area contributed by atoms with E-state index in [1.807, 2.05) is 75.4 Å². The molecule has 3 aromatic rings. The van der Waals surface area contributed by atoms with Crippen molar-refractivity contribution >= 4 is 17.7 Å². The summed E-state index contributed by atoms with van der Waals surface area (Å²) >= 11 is 5.90. The number of rotatable bonds is 7. The topological polar surface area (TPSA) is 64.5 Å². The van der Waals surface area contributed by atoms with Crippen molar-refractivity contribution < 1.29 is 14.3 Å². The lowest BCUT2D eigenvalue weighted by atomic mass is 10.1. The molecule has 0 bridgehead atoms. The van der Waals surface area contributed by atoms with Crippen LogP contribution >= 0.6 is 11.6 Å². The van der Waals surface area contributed by atoms with E-state index in [0.717, 1.165) is 22.6 Å². The second kappa shape index (κ2) is 10.5. The molecule has 0 radical (unpaired) electrons. The van der Waals surface area contributed by atoms with Gasteiger partial charge in [-0.3, -0.25) is 0 Å². The van der Waals surface area contributed by atoms with Gasteiger partial charge in [0.25, 0.3) is 0 Å². The van der Waals surface area contributed by atoms with Crippen molar-refractivity contribution in [3.05, 3.63) is 77.7 Å². The van der Waals surface area contributed by atoms with E-state index in [9.17, 15) is 4.79 Å². The second-order valence-corrected chi connectivity index (χ2v) is 8.78. The Balaban J connectivity index is 1.70. The summed E-state index contributed by atoms with van der Waals surface area (Å²) in [5, 5.41) is 0.209. The van der Waals surface area contributed by atoms with E-state index in [4.69, 9.17) is 21.1 Å². The van der Waals surface area contributed by atoms with Gasteiger partial charge >= 0.3 is 6.09 Å². The van der Waals surface area contributed by atoms with Crippen LogP contribution in [0.4, 0.5) is 4.79 Å². The summed E-state index contributed by atoms with van der Waals surface area (Å²) in [5.41, 5.74) is 2.17. The number of ether oxygens (including phenoxy) is 2. The molecule has 0 saturated carbocycles. The largest absolute Gasteiger partial charge is 0.486 e. The predicted molar refractivity (Wildman–Crippen MR) is 126 cm³/mol. The number of hydrogen-bond acceptors (Lipinski definition) is 5. The molecule has 2 aromatic carbocycles. The molecule has 0 spiro atoms.